The Labute approximate surface area is 124 Å². The van der Waals surface area contributed by atoms with Crippen molar-refractivity contribution in [2.24, 2.45) is 5.92 Å². The van der Waals surface area contributed by atoms with Crippen LogP contribution in [0.2, 0.25) is 0 Å². The predicted molar refractivity (Wildman–Crippen MR) is 80.8 cm³/mol. The molecule has 1 aromatic heterocycles. The first-order valence-electron chi connectivity index (χ1n) is 7.87. The molecule has 2 saturated heterocycles. The minimum atomic E-state index is 0.341. The molecule has 1 saturated carbocycles. The van der Waals surface area contributed by atoms with Gasteiger partial charge in [-0.3, -0.25) is 9.69 Å². The summed E-state index contributed by atoms with van der Waals surface area (Å²) in [5.41, 5.74) is 0. The lowest BCUT2D eigenvalue weighted by molar-refractivity contribution is -0.131. The van der Waals surface area contributed by atoms with E-state index in [2.05, 4.69) is 21.2 Å². The number of nitrogens with zero attached hydrogens (tertiary/aromatic N) is 2. The van der Waals surface area contributed by atoms with E-state index in [-0.39, 0.29) is 0 Å². The van der Waals surface area contributed by atoms with Crippen molar-refractivity contribution < 1.29 is 4.79 Å². The maximum Gasteiger partial charge on any atom is 0.228 e. The summed E-state index contributed by atoms with van der Waals surface area (Å²) in [7, 11) is 0. The maximum absolute atomic E-state index is 12.5. The Morgan fingerprint density at radius 3 is 2.80 bits per heavy atom. The monoisotopic (exact) mass is 290 g/mol. The van der Waals surface area contributed by atoms with Crippen molar-refractivity contribution >= 4 is 17.2 Å². The van der Waals surface area contributed by atoms with Crippen LogP contribution in [0.5, 0.6) is 0 Å². The Hall–Kier alpha value is -0.870. The van der Waals surface area contributed by atoms with Crippen LogP contribution in [0.15, 0.2) is 17.5 Å². The van der Waals surface area contributed by atoms with Crippen molar-refractivity contribution in [2.45, 2.75) is 44.2 Å². The Kier molecular flexibility index (Phi) is 3.31. The number of thiophene rings is 1. The second-order valence-electron chi connectivity index (χ2n) is 6.49. The van der Waals surface area contributed by atoms with E-state index in [0.29, 0.717) is 24.4 Å². The molecule has 0 aromatic carbocycles. The molecule has 3 fully saturated rings. The first-order valence-corrected chi connectivity index (χ1v) is 8.75. The summed E-state index contributed by atoms with van der Waals surface area (Å²) in [6.45, 7) is 3.46. The molecule has 3 heterocycles. The molecule has 1 aromatic rings. The third-order valence-corrected chi connectivity index (χ3v) is 5.98. The molecule has 3 nitrogen and oxygen atoms in total. The molecule has 1 amide bonds. The molecule has 0 bridgehead atoms. The zero-order valence-corrected chi connectivity index (χ0v) is 12.6. The molecule has 2 aliphatic heterocycles. The molecule has 4 rings (SSSR count). The van der Waals surface area contributed by atoms with Crippen LogP contribution < -0.4 is 0 Å². The van der Waals surface area contributed by atoms with Crippen LogP contribution in [0, 0.1) is 5.92 Å². The van der Waals surface area contributed by atoms with Gasteiger partial charge in [0.1, 0.15) is 0 Å². The summed E-state index contributed by atoms with van der Waals surface area (Å²) in [5.74, 6) is 1.30. The van der Waals surface area contributed by atoms with Gasteiger partial charge in [-0.05, 0) is 43.0 Å². The summed E-state index contributed by atoms with van der Waals surface area (Å²) in [6, 6.07) is 5.26. The average molecular weight is 290 g/mol. The van der Waals surface area contributed by atoms with Crippen LogP contribution in [0.1, 0.15) is 30.6 Å². The summed E-state index contributed by atoms with van der Waals surface area (Å²) in [6.07, 6.45) is 5.83. The number of fused-ring (bicyclic) bond motifs is 1. The lowest BCUT2D eigenvalue weighted by Crippen LogP contribution is -2.40. The van der Waals surface area contributed by atoms with E-state index in [4.69, 9.17) is 0 Å². The molecule has 0 radical (unpaired) electrons. The smallest absolute Gasteiger partial charge is 0.228 e. The van der Waals surface area contributed by atoms with E-state index in [9.17, 15) is 4.79 Å². The highest BCUT2D eigenvalue weighted by Crippen LogP contribution is 2.37. The lowest BCUT2D eigenvalue weighted by Gasteiger charge is -2.25. The van der Waals surface area contributed by atoms with Crippen LogP contribution in [0.4, 0.5) is 0 Å². The summed E-state index contributed by atoms with van der Waals surface area (Å²) in [4.78, 5) is 18.6. The molecule has 2 atom stereocenters. The zero-order chi connectivity index (χ0) is 13.5. The van der Waals surface area contributed by atoms with Crippen molar-refractivity contribution in [1.82, 2.24) is 9.80 Å². The highest BCUT2D eigenvalue weighted by molar-refractivity contribution is 7.10. The number of carbonyl (C=O) groups is 1. The fourth-order valence-corrected chi connectivity index (χ4v) is 4.60. The van der Waals surface area contributed by atoms with Crippen LogP contribution in [-0.2, 0) is 11.2 Å². The topological polar surface area (TPSA) is 23.6 Å². The van der Waals surface area contributed by atoms with E-state index >= 15 is 0 Å². The van der Waals surface area contributed by atoms with Gasteiger partial charge in [-0.15, -0.1) is 11.3 Å². The third-order valence-electron chi connectivity index (χ3n) is 5.11. The predicted octanol–water partition coefficient (Wildman–Crippen LogP) is 2.38. The lowest BCUT2D eigenvalue weighted by atomic mass is 10.1. The molecule has 108 valence electrons. The fourth-order valence-electron chi connectivity index (χ4n) is 3.91. The SMILES string of the molecule is O=C(Cc1cccs1)N1CC[C@H]2[C@H]1CCN2CC1CC1. The average Bonchev–Trinajstić information content (AvgIpc) is 2.85. The van der Waals surface area contributed by atoms with E-state index < -0.39 is 0 Å². The molecular formula is C16H22N2OS. The van der Waals surface area contributed by atoms with Gasteiger partial charge in [-0.1, -0.05) is 6.07 Å². The number of likely N-dealkylation sites (tertiary alicyclic amines) is 2. The van der Waals surface area contributed by atoms with Gasteiger partial charge in [0.15, 0.2) is 0 Å². The van der Waals surface area contributed by atoms with Gasteiger partial charge in [0.25, 0.3) is 0 Å². The molecule has 0 N–H and O–H groups in total. The Morgan fingerprint density at radius 1 is 1.20 bits per heavy atom. The second-order valence-corrected chi connectivity index (χ2v) is 7.53. The van der Waals surface area contributed by atoms with Crippen molar-refractivity contribution in [3.8, 4) is 0 Å². The number of amides is 1. The van der Waals surface area contributed by atoms with Crippen molar-refractivity contribution in [2.75, 3.05) is 19.6 Å². The minimum Gasteiger partial charge on any atom is -0.338 e. The quantitative estimate of drug-likeness (QED) is 0.850. The number of rotatable bonds is 4. The molecule has 0 unspecified atom stereocenters. The number of hydrogen-bond donors (Lipinski definition) is 0. The Bertz CT molecular complexity index is 483. The molecular weight excluding hydrogens is 268 g/mol. The molecule has 4 heteroatoms. The molecule has 3 aliphatic rings. The van der Waals surface area contributed by atoms with Gasteiger partial charge in [-0.2, -0.15) is 0 Å². The van der Waals surface area contributed by atoms with Crippen LogP contribution in [0.25, 0.3) is 0 Å². The highest BCUT2D eigenvalue weighted by atomic mass is 32.1. The standard InChI is InChI=1S/C16H22N2OS/c19-16(10-13-2-1-9-20-13)18-8-6-14-15(18)5-7-17(14)11-12-3-4-12/h1-2,9,12,14-15H,3-8,10-11H2/t14-,15+/m0/s1. The van der Waals surface area contributed by atoms with Gasteiger partial charge >= 0.3 is 0 Å². The normalized spacial score (nSPS) is 29.9. The third kappa shape index (κ3) is 2.40. The van der Waals surface area contributed by atoms with Gasteiger partial charge in [0.2, 0.25) is 5.91 Å². The first-order chi connectivity index (χ1) is 9.81. The van der Waals surface area contributed by atoms with E-state index in [0.717, 1.165) is 12.5 Å². The maximum atomic E-state index is 12.5. The Morgan fingerprint density at radius 2 is 2.05 bits per heavy atom. The van der Waals surface area contributed by atoms with Crippen LogP contribution >= 0.6 is 11.3 Å². The van der Waals surface area contributed by atoms with E-state index in [1.807, 2.05) is 6.07 Å². The largest absolute Gasteiger partial charge is 0.338 e. The van der Waals surface area contributed by atoms with E-state index in [1.54, 1.807) is 11.3 Å². The van der Waals surface area contributed by atoms with Crippen LogP contribution in [0.3, 0.4) is 0 Å². The first kappa shape index (κ1) is 12.8. The Balaban J connectivity index is 1.39. The van der Waals surface area contributed by atoms with Crippen LogP contribution in [-0.4, -0.2) is 47.4 Å². The van der Waals surface area contributed by atoms with Crippen molar-refractivity contribution in [3.63, 3.8) is 0 Å². The summed E-state index contributed by atoms with van der Waals surface area (Å²) in [5, 5.41) is 2.06. The second kappa shape index (κ2) is 5.15. The molecule has 1 aliphatic carbocycles. The summed E-state index contributed by atoms with van der Waals surface area (Å²) >= 11 is 1.69. The number of hydrogen-bond acceptors (Lipinski definition) is 3. The van der Waals surface area contributed by atoms with Gasteiger partial charge in [-0.25, -0.2) is 0 Å². The van der Waals surface area contributed by atoms with Gasteiger partial charge in [0, 0.05) is 36.6 Å². The number of carbonyl (C=O) groups excluding carboxylic acids is 1. The van der Waals surface area contributed by atoms with Crippen molar-refractivity contribution in [3.05, 3.63) is 22.4 Å². The minimum absolute atomic E-state index is 0.341. The molecule has 0 spiro atoms. The zero-order valence-electron chi connectivity index (χ0n) is 11.8. The summed E-state index contributed by atoms with van der Waals surface area (Å²) < 4.78 is 0. The van der Waals surface area contributed by atoms with Gasteiger partial charge < -0.3 is 4.90 Å². The fraction of sp³-hybridized carbons (Fsp3) is 0.688. The van der Waals surface area contributed by atoms with Gasteiger partial charge in [0.05, 0.1) is 6.42 Å². The molecule has 20 heavy (non-hydrogen) atoms. The van der Waals surface area contributed by atoms with Crippen molar-refractivity contribution in [1.29, 1.82) is 0 Å². The highest BCUT2D eigenvalue weighted by Gasteiger charge is 2.45. The van der Waals surface area contributed by atoms with E-state index in [1.165, 1.54) is 43.6 Å².